The van der Waals surface area contributed by atoms with Crippen molar-refractivity contribution in [2.24, 2.45) is 5.92 Å². The maximum absolute atomic E-state index is 3.98. The SMILES string of the molecule is C=C(CC)CNC1CC1CCC. The monoisotopic (exact) mass is 167 g/mol. The molecule has 0 aromatic heterocycles. The lowest BCUT2D eigenvalue weighted by atomic mass is 10.2. The van der Waals surface area contributed by atoms with Crippen LogP contribution < -0.4 is 5.32 Å². The molecule has 1 N–H and O–H groups in total. The second-order valence-corrected chi connectivity index (χ2v) is 3.88. The Labute approximate surface area is 76.2 Å². The highest BCUT2D eigenvalue weighted by Crippen LogP contribution is 2.34. The van der Waals surface area contributed by atoms with Gasteiger partial charge in [-0.1, -0.05) is 32.4 Å². The van der Waals surface area contributed by atoms with E-state index in [0.29, 0.717) is 0 Å². The molecule has 1 saturated carbocycles. The first kappa shape index (κ1) is 9.79. The molecule has 0 bridgehead atoms. The Morgan fingerprint density at radius 1 is 1.50 bits per heavy atom. The molecule has 70 valence electrons. The quantitative estimate of drug-likeness (QED) is 0.600. The van der Waals surface area contributed by atoms with Gasteiger partial charge in [0.2, 0.25) is 0 Å². The van der Waals surface area contributed by atoms with Gasteiger partial charge in [-0.05, 0) is 25.2 Å². The molecule has 0 aromatic rings. The van der Waals surface area contributed by atoms with Crippen LogP contribution in [0.2, 0.25) is 0 Å². The minimum Gasteiger partial charge on any atom is -0.310 e. The van der Waals surface area contributed by atoms with Gasteiger partial charge < -0.3 is 5.32 Å². The van der Waals surface area contributed by atoms with E-state index in [2.05, 4.69) is 25.7 Å². The summed E-state index contributed by atoms with van der Waals surface area (Å²) in [6, 6.07) is 0.813. The smallest absolute Gasteiger partial charge is 0.0164 e. The molecule has 0 radical (unpaired) electrons. The lowest BCUT2D eigenvalue weighted by Gasteiger charge is -2.04. The summed E-state index contributed by atoms with van der Waals surface area (Å²) >= 11 is 0. The Balaban J connectivity index is 2.00. The highest BCUT2D eigenvalue weighted by Gasteiger charge is 2.34. The summed E-state index contributed by atoms with van der Waals surface area (Å²) in [6.07, 6.45) is 5.23. The second-order valence-electron chi connectivity index (χ2n) is 3.88. The topological polar surface area (TPSA) is 12.0 Å². The predicted molar refractivity (Wildman–Crippen MR) is 54.2 cm³/mol. The minimum absolute atomic E-state index is 0.813. The molecule has 0 aromatic carbocycles. The number of rotatable bonds is 6. The zero-order chi connectivity index (χ0) is 8.97. The van der Waals surface area contributed by atoms with Gasteiger partial charge in [-0.3, -0.25) is 0 Å². The zero-order valence-corrected chi connectivity index (χ0v) is 8.40. The fourth-order valence-electron chi connectivity index (χ4n) is 1.59. The minimum atomic E-state index is 0.813. The van der Waals surface area contributed by atoms with Crippen LogP contribution in [0.25, 0.3) is 0 Å². The van der Waals surface area contributed by atoms with Crippen molar-refractivity contribution in [3.05, 3.63) is 12.2 Å². The summed E-state index contributed by atoms with van der Waals surface area (Å²) in [6.45, 7) is 9.44. The molecule has 2 unspecified atom stereocenters. The van der Waals surface area contributed by atoms with Crippen LogP contribution in [0.5, 0.6) is 0 Å². The molecule has 0 spiro atoms. The third kappa shape index (κ3) is 2.98. The normalized spacial score (nSPS) is 27.2. The van der Waals surface area contributed by atoms with Crippen LogP contribution in [0.4, 0.5) is 0 Å². The standard InChI is InChI=1S/C11H21N/c1-4-6-10-7-11(10)12-8-9(3)5-2/h10-12H,3-8H2,1-2H3. The van der Waals surface area contributed by atoms with Crippen molar-refractivity contribution in [2.75, 3.05) is 6.54 Å². The average Bonchev–Trinajstić information content (AvgIpc) is 2.80. The highest BCUT2D eigenvalue weighted by molar-refractivity contribution is 5.00. The predicted octanol–water partition coefficient (Wildman–Crippen LogP) is 2.73. The van der Waals surface area contributed by atoms with Gasteiger partial charge in [0, 0.05) is 12.6 Å². The van der Waals surface area contributed by atoms with E-state index in [-0.39, 0.29) is 0 Å². The molecular weight excluding hydrogens is 146 g/mol. The molecule has 0 amide bonds. The maximum atomic E-state index is 3.98. The van der Waals surface area contributed by atoms with Crippen molar-refractivity contribution in [2.45, 2.75) is 45.6 Å². The third-order valence-electron chi connectivity index (χ3n) is 2.70. The highest BCUT2D eigenvalue weighted by atomic mass is 15.0. The van der Waals surface area contributed by atoms with Gasteiger partial charge in [0.1, 0.15) is 0 Å². The van der Waals surface area contributed by atoms with Gasteiger partial charge in [0.25, 0.3) is 0 Å². The third-order valence-corrected chi connectivity index (χ3v) is 2.70. The van der Waals surface area contributed by atoms with E-state index in [1.54, 1.807) is 0 Å². The van der Waals surface area contributed by atoms with Crippen molar-refractivity contribution in [1.82, 2.24) is 5.32 Å². The fraction of sp³-hybridized carbons (Fsp3) is 0.818. The number of hydrogen-bond donors (Lipinski definition) is 1. The molecule has 1 aliphatic rings. The van der Waals surface area contributed by atoms with Gasteiger partial charge in [-0.2, -0.15) is 0 Å². The van der Waals surface area contributed by atoms with E-state index in [1.807, 2.05) is 0 Å². The van der Waals surface area contributed by atoms with E-state index < -0.39 is 0 Å². The van der Waals surface area contributed by atoms with Crippen molar-refractivity contribution in [3.63, 3.8) is 0 Å². The Bertz CT molecular complexity index is 151. The van der Waals surface area contributed by atoms with Gasteiger partial charge >= 0.3 is 0 Å². The van der Waals surface area contributed by atoms with Crippen molar-refractivity contribution in [3.8, 4) is 0 Å². The molecule has 0 saturated heterocycles. The zero-order valence-electron chi connectivity index (χ0n) is 8.40. The summed E-state index contributed by atoms with van der Waals surface area (Å²) in [5.41, 5.74) is 1.33. The summed E-state index contributed by atoms with van der Waals surface area (Å²) < 4.78 is 0. The van der Waals surface area contributed by atoms with E-state index >= 15 is 0 Å². The van der Waals surface area contributed by atoms with Gasteiger partial charge in [0.05, 0.1) is 0 Å². The summed E-state index contributed by atoms with van der Waals surface area (Å²) in [5.74, 6) is 0.972. The first-order chi connectivity index (χ1) is 5.77. The molecular formula is C11H21N. The molecule has 12 heavy (non-hydrogen) atoms. The lowest BCUT2D eigenvalue weighted by Crippen LogP contribution is -2.20. The van der Waals surface area contributed by atoms with Crippen molar-refractivity contribution < 1.29 is 0 Å². The summed E-state index contributed by atoms with van der Waals surface area (Å²) in [7, 11) is 0. The Kier molecular flexibility index (Phi) is 3.80. The van der Waals surface area contributed by atoms with Gasteiger partial charge in [-0.25, -0.2) is 0 Å². The van der Waals surface area contributed by atoms with Crippen molar-refractivity contribution in [1.29, 1.82) is 0 Å². The molecule has 0 heterocycles. The Morgan fingerprint density at radius 2 is 2.25 bits per heavy atom. The molecule has 0 aliphatic heterocycles. The maximum Gasteiger partial charge on any atom is 0.0164 e. The van der Waals surface area contributed by atoms with Crippen molar-refractivity contribution >= 4 is 0 Å². The Hall–Kier alpha value is -0.300. The van der Waals surface area contributed by atoms with Crippen LogP contribution >= 0.6 is 0 Å². The molecule has 1 rings (SSSR count). The molecule has 1 heteroatoms. The lowest BCUT2D eigenvalue weighted by molar-refractivity contribution is 0.616. The van der Waals surface area contributed by atoms with Crippen LogP contribution in [0.15, 0.2) is 12.2 Å². The molecule has 2 atom stereocenters. The van der Waals surface area contributed by atoms with E-state index in [0.717, 1.165) is 24.9 Å². The first-order valence-corrected chi connectivity index (χ1v) is 5.18. The van der Waals surface area contributed by atoms with E-state index in [9.17, 15) is 0 Å². The molecule has 1 aliphatic carbocycles. The second kappa shape index (κ2) is 4.66. The van der Waals surface area contributed by atoms with Crippen LogP contribution in [0.3, 0.4) is 0 Å². The number of nitrogens with one attached hydrogen (secondary N) is 1. The van der Waals surface area contributed by atoms with Gasteiger partial charge in [0.15, 0.2) is 0 Å². The first-order valence-electron chi connectivity index (χ1n) is 5.18. The largest absolute Gasteiger partial charge is 0.310 e. The van der Waals surface area contributed by atoms with Crippen LogP contribution in [-0.2, 0) is 0 Å². The van der Waals surface area contributed by atoms with Gasteiger partial charge in [-0.15, -0.1) is 0 Å². The van der Waals surface area contributed by atoms with Crippen LogP contribution in [0.1, 0.15) is 39.5 Å². The van der Waals surface area contributed by atoms with Crippen LogP contribution in [-0.4, -0.2) is 12.6 Å². The fourth-order valence-corrected chi connectivity index (χ4v) is 1.59. The average molecular weight is 167 g/mol. The summed E-state index contributed by atoms with van der Waals surface area (Å²) in [4.78, 5) is 0. The summed E-state index contributed by atoms with van der Waals surface area (Å²) in [5, 5.41) is 3.54. The number of hydrogen-bond acceptors (Lipinski definition) is 1. The van der Waals surface area contributed by atoms with E-state index in [1.165, 1.54) is 24.8 Å². The molecule has 1 nitrogen and oxygen atoms in total. The van der Waals surface area contributed by atoms with Crippen LogP contribution in [0, 0.1) is 5.92 Å². The Morgan fingerprint density at radius 3 is 2.83 bits per heavy atom. The molecule has 1 fully saturated rings. The van der Waals surface area contributed by atoms with E-state index in [4.69, 9.17) is 0 Å².